The van der Waals surface area contributed by atoms with E-state index in [4.69, 9.17) is 9.73 Å². The van der Waals surface area contributed by atoms with Crippen molar-refractivity contribution in [2.75, 3.05) is 6.61 Å². The minimum Gasteiger partial charge on any atom is -0.462 e. The molecule has 0 N–H and O–H groups in total. The highest BCUT2D eigenvalue weighted by atomic mass is 19.1. The molecular weight excluding hydrogens is 434 g/mol. The molecule has 0 radical (unpaired) electrons. The number of carbonyl (C=O) groups is 1. The number of nitrogens with zero attached hydrogens (tertiary/aromatic N) is 2. The van der Waals surface area contributed by atoms with Crippen LogP contribution < -0.4 is 0 Å². The number of ether oxygens (including phenoxy) is 1. The average molecular weight is 463 g/mol. The van der Waals surface area contributed by atoms with Gasteiger partial charge in [-0.25, -0.2) is 13.6 Å². The first-order valence-corrected chi connectivity index (χ1v) is 12.1. The Labute approximate surface area is 198 Å². The molecule has 3 aromatic rings. The summed E-state index contributed by atoms with van der Waals surface area (Å²) in [7, 11) is 0. The highest BCUT2D eigenvalue weighted by Gasteiger charge is 2.32. The number of aliphatic imine (C=N–C) groups is 1. The molecule has 0 amide bonds. The molecular formula is C28H28F2N2O2. The summed E-state index contributed by atoms with van der Waals surface area (Å²) >= 11 is 0. The monoisotopic (exact) mass is 462 g/mol. The summed E-state index contributed by atoms with van der Waals surface area (Å²) in [6.45, 7) is 4.12. The molecule has 0 saturated heterocycles. The number of hydrogen-bond donors (Lipinski definition) is 0. The summed E-state index contributed by atoms with van der Waals surface area (Å²) in [5.74, 6) is -0.301. The molecule has 2 aromatic carbocycles. The molecule has 34 heavy (non-hydrogen) atoms. The molecule has 1 aliphatic carbocycles. The number of pyridine rings is 1. The minimum absolute atomic E-state index is 0.0220. The average Bonchev–Trinajstić information content (AvgIpc) is 3.25. The molecule has 2 aliphatic rings. The van der Waals surface area contributed by atoms with Crippen LogP contribution in [0.15, 0.2) is 47.6 Å². The van der Waals surface area contributed by atoms with E-state index in [9.17, 15) is 13.6 Å². The Kier molecular flexibility index (Phi) is 6.15. The quantitative estimate of drug-likeness (QED) is 0.386. The fourth-order valence-corrected chi connectivity index (χ4v) is 5.57. The summed E-state index contributed by atoms with van der Waals surface area (Å²) in [6, 6.07) is 9.78. The number of halogens is 2. The van der Waals surface area contributed by atoms with Crippen LogP contribution in [0.3, 0.4) is 0 Å². The van der Waals surface area contributed by atoms with Crippen molar-refractivity contribution < 1.29 is 18.3 Å². The van der Waals surface area contributed by atoms with E-state index in [2.05, 4.69) is 11.9 Å². The Morgan fingerprint density at radius 1 is 1.12 bits per heavy atom. The predicted molar refractivity (Wildman–Crippen MR) is 129 cm³/mol. The van der Waals surface area contributed by atoms with Crippen LogP contribution in [0.5, 0.6) is 0 Å². The van der Waals surface area contributed by atoms with E-state index in [1.165, 1.54) is 17.7 Å². The smallest absolute Gasteiger partial charge is 0.341 e. The van der Waals surface area contributed by atoms with Crippen molar-refractivity contribution in [2.24, 2.45) is 16.8 Å². The second kappa shape index (κ2) is 9.24. The largest absolute Gasteiger partial charge is 0.462 e. The Morgan fingerprint density at radius 2 is 1.91 bits per heavy atom. The molecule has 1 fully saturated rings. The van der Waals surface area contributed by atoms with E-state index in [1.807, 2.05) is 12.3 Å². The molecule has 1 atom stereocenters. The summed E-state index contributed by atoms with van der Waals surface area (Å²) in [5.41, 5.74) is 4.54. The lowest BCUT2D eigenvalue weighted by atomic mass is 9.72. The van der Waals surface area contributed by atoms with Gasteiger partial charge in [0.25, 0.3) is 0 Å². The number of aromatic nitrogens is 1. The summed E-state index contributed by atoms with van der Waals surface area (Å²) in [5, 5.41) is 0.911. The molecule has 1 aliphatic heterocycles. The van der Waals surface area contributed by atoms with Gasteiger partial charge in [-0.3, -0.25) is 9.98 Å². The van der Waals surface area contributed by atoms with Gasteiger partial charge >= 0.3 is 5.97 Å². The number of fused-ring (bicyclic) bond motifs is 2. The molecule has 0 spiro atoms. The Hall–Kier alpha value is -3.15. The fourth-order valence-electron chi connectivity index (χ4n) is 5.57. The van der Waals surface area contributed by atoms with E-state index in [0.29, 0.717) is 23.9 Å². The van der Waals surface area contributed by atoms with E-state index < -0.39 is 11.8 Å². The van der Waals surface area contributed by atoms with E-state index in [0.717, 1.165) is 47.9 Å². The number of hydrogen-bond acceptors (Lipinski definition) is 4. The summed E-state index contributed by atoms with van der Waals surface area (Å²) in [4.78, 5) is 21.2. The summed E-state index contributed by atoms with van der Waals surface area (Å²) < 4.78 is 33.3. The SMILES string of the molecule is CCOC(=O)c1cc2c(cc1F)N=C([C@H](C)C1CCC(c3ccnc4ccc(F)cc34)CC1)C2. The van der Waals surface area contributed by atoms with Gasteiger partial charge in [-0.15, -0.1) is 0 Å². The van der Waals surface area contributed by atoms with Crippen LogP contribution >= 0.6 is 0 Å². The van der Waals surface area contributed by atoms with Gasteiger partial charge in [-0.1, -0.05) is 6.92 Å². The van der Waals surface area contributed by atoms with Crippen LogP contribution in [0, 0.1) is 23.5 Å². The molecule has 176 valence electrons. The molecule has 5 rings (SSSR count). The number of benzene rings is 2. The molecule has 6 heteroatoms. The number of esters is 1. The molecule has 2 heterocycles. The lowest BCUT2D eigenvalue weighted by Crippen LogP contribution is -2.25. The third kappa shape index (κ3) is 4.22. The van der Waals surface area contributed by atoms with Crippen LogP contribution in [-0.4, -0.2) is 23.3 Å². The Balaban J connectivity index is 1.27. The van der Waals surface area contributed by atoms with Crippen molar-refractivity contribution in [1.29, 1.82) is 0 Å². The molecule has 0 bridgehead atoms. The van der Waals surface area contributed by atoms with Gasteiger partial charge in [0.15, 0.2) is 0 Å². The van der Waals surface area contributed by atoms with Gasteiger partial charge in [0.05, 0.1) is 23.4 Å². The molecule has 1 aromatic heterocycles. The first-order valence-electron chi connectivity index (χ1n) is 12.1. The zero-order valence-electron chi connectivity index (χ0n) is 19.5. The van der Waals surface area contributed by atoms with Gasteiger partial charge in [-0.2, -0.15) is 0 Å². The maximum atomic E-state index is 14.4. The highest BCUT2D eigenvalue weighted by molar-refractivity contribution is 5.97. The molecule has 0 unspecified atom stereocenters. The van der Waals surface area contributed by atoms with Crippen LogP contribution in [0.2, 0.25) is 0 Å². The van der Waals surface area contributed by atoms with Gasteiger partial charge < -0.3 is 4.74 Å². The van der Waals surface area contributed by atoms with Crippen molar-refractivity contribution in [3.05, 3.63) is 70.9 Å². The number of rotatable bonds is 5. The van der Waals surface area contributed by atoms with Crippen molar-refractivity contribution in [1.82, 2.24) is 4.98 Å². The fraction of sp³-hybridized carbons (Fsp3) is 0.393. The maximum absolute atomic E-state index is 14.4. The third-order valence-electron chi connectivity index (χ3n) is 7.48. The van der Waals surface area contributed by atoms with Gasteiger partial charge in [-0.05, 0) is 91.8 Å². The number of carbonyl (C=O) groups excluding carboxylic acids is 1. The van der Waals surface area contributed by atoms with E-state index in [1.54, 1.807) is 25.1 Å². The van der Waals surface area contributed by atoms with E-state index in [-0.39, 0.29) is 23.9 Å². The second-order valence-electron chi connectivity index (χ2n) is 9.42. The zero-order chi connectivity index (χ0) is 23.8. The Bertz CT molecular complexity index is 1280. The minimum atomic E-state index is -0.633. The highest BCUT2D eigenvalue weighted by Crippen LogP contribution is 2.42. The van der Waals surface area contributed by atoms with Crippen molar-refractivity contribution in [2.45, 2.75) is 51.9 Å². The standard InChI is InChI=1S/C28H28F2N2O2/c1-3-34-28(33)23-12-19-13-26(32-27(19)15-24(23)30)16(2)17-4-6-18(7-5-17)21-10-11-31-25-9-8-20(29)14-22(21)25/h8-12,14-18H,3-7,13H2,1-2H3/t16-,17?,18?/m1/s1. The van der Waals surface area contributed by atoms with Gasteiger partial charge in [0, 0.05) is 29.8 Å². The first kappa shape index (κ1) is 22.6. The van der Waals surface area contributed by atoms with Crippen molar-refractivity contribution in [3.8, 4) is 0 Å². The van der Waals surface area contributed by atoms with Gasteiger partial charge in [0.1, 0.15) is 11.6 Å². The second-order valence-corrected chi connectivity index (χ2v) is 9.42. The van der Waals surface area contributed by atoms with Crippen molar-refractivity contribution in [3.63, 3.8) is 0 Å². The van der Waals surface area contributed by atoms with Crippen LogP contribution in [0.4, 0.5) is 14.5 Å². The Morgan fingerprint density at radius 3 is 2.68 bits per heavy atom. The van der Waals surface area contributed by atoms with Crippen LogP contribution in [-0.2, 0) is 11.2 Å². The van der Waals surface area contributed by atoms with E-state index >= 15 is 0 Å². The third-order valence-corrected chi connectivity index (χ3v) is 7.48. The molecule has 1 saturated carbocycles. The molecule has 4 nitrogen and oxygen atoms in total. The topological polar surface area (TPSA) is 51.5 Å². The van der Waals surface area contributed by atoms with Gasteiger partial charge in [0.2, 0.25) is 0 Å². The lowest BCUT2D eigenvalue weighted by Gasteiger charge is -2.33. The summed E-state index contributed by atoms with van der Waals surface area (Å²) in [6.07, 6.45) is 6.64. The van der Waals surface area contributed by atoms with Crippen molar-refractivity contribution >= 4 is 28.3 Å². The normalized spacial score (nSPS) is 20.6. The first-order chi connectivity index (χ1) is 16.4. The maximum Gasteiger partial charge on any atom is 0.341 e. The van der Waals surface area contributed by atoms with Crippen LogP contribution in [0.1, 0.15) is 66.9 Å². The predicted octanol–water partition coefficient (Wildman–Crippen LogP) is 6.93. The lowest BCUT2D eigenvalue weighted by molar-refractivity contribution is 0.0521. The van der Waals surface area contributed by atoms with Crippen LogP contribution in [0.25, 0.3) is 10.9 Å². The zero-order valence-corrected chi connectivity index (χ0v) is 19.5.